The summed E-state index contributed by atoms with van der Waals surface area (Å²) in [5.41, 5.74) is 4.99. The van der Waals surface area contributed by atoms with E-state index in [0.29, 0.717) is 18.4 Å². The first-order valence-corrected chi connectivity index (χ1v) is 8.65. The molecule has 0 amide bonds. The molecule has 0 spiro atoms. The first-order chi connectivity index (χ1) is 9.90. The molecule has 1 aromatic rings. The predicted octanol–water partition coefficient (Wildman–Crippen LogP) is 4.81. The highest BCUT2D eigenvalue weighted by Crippen LogP contribution is 2.57. The highest BCUT2D eigenvalue weighted by Gasteiger charge is 2.51. The van der Waals surface area contributed by atoms with E-state index in [1.165, 1.54) is 37.7 Å². The minimum Gasteiger partial charge on any atom is -0.396 e. The van der Waals surface area contributed by atoms with Gasteiger partial charge in [-0.15, -0.1) is 0 Å². The van der Waals surface area contributed by atoms with Crippen LogP contribution in [0.25, 0.3) is 0 Å². The quantitative estimate of drug-likeness (QED) is 0.827. The van der Waals surface area contributed by atoms with Gasteiger partial charge in [-0.1, -0.05) is 52.3 Å². The molecule has 2 aliphatic carbocycles. The van der Waals surface area contributed by atoms with E-state index in [-0.39, 0.29) is 10.8 Å². The molecule has 1 fully saturated rings. The van der Waals surface area contributed by atoms with Crippen LogP contribution in [0.5, 0.6) is 0 Å². The number of aliphatic hydroxyl groups is 1. The fourth-order valence-electron chi connectivity index (χ4n) is 5.19. The molecule has 116 valence electrons. The van der Waals surface area contributed by atoms with Gasteiger partial charge in [-0.2, -0.15) is 0 Å². The van der Waals surface area contributed by atoms with Crippen molar-refractivity contribution in [2.75, 3.05) is 6.61 Å². The van der Waals surface area contributed by atoms with E-state index >= 15 is 0 Å². The molecular weight excluding hydrogens is 256 g/mol. The Morgan fingerprint density at radius 2 is 2.00 bits per heavy atom. The maximum atomic E-state index is 9.97. The highest BCUT2D eigenvalue weighted by atomic mass is 16.3. The van der Waals surface area contributed by atoms with Crippen LogP contribution in [0.1, 0.15) is 76.0 Å². The summed E-state index contributed by atoms with van der Waals surface area (Å²) in [7, 11) is 0. The predicted molar refractivity (Wildman–Crippen MR) is 88.7 cm³/mol. The van der Waals surface area contributed by atoms with Crippen LogP contribution in [-0.4, -0.2) is 11.7 Å². The van der Waals surface area contributed by atoms with E-state index in [2.05, 4.69) is 45.9 Å². The van der Waals surface area contributed by atoms with Crippen molar-refractivity contribution in [3.8, 4) is 0 Å². The molecule has 1 nitrogen and oxygen atoms in total. The average molecular weight is 286 g/mol. The van der Waals surface area contributed by atoms with Crippen molar-refractivity contribution in [3.05, 3.63) is 34.9 Å². The summed E-state index contributed by atoms with van der Waals surface area (Å²) in [5.74, 6) is 1.23. The van der Waals surface area contributed by atoms with Crippen molar-refractivity contribution >= 4 is 0 Å². The van der Waals surface area contributed by atoms with Gasteiger partial charge in [0.2, 0.25) is 0 Å². The van der Waals surface area contributed by atoms with Gasteiger partial charge in [0.1, 0.15) is 0 Å². The molecular formula is C20H30O. The SMILES string of the molecule is CC(C)c1ccc2c(c1)CC[C@@H]1[C@@](C)(CO)CCC[C@@]21C. The maximum Gasteiger partial charge on any atom is 0.0487 e. The van der Waals surface area contributed by atoms with E-state index in [1.54, 1.807) is 11.1 Å². The fourth-order valence-corrected chi connectivity index (χ4v) is 5.19. The van der Waals surface area contributed by atoms with Crippen LogP contribution >= 0.6 is 0 Å². The summed E-state index contributed by atoms with van der Waals surface area (Å²) < 4.78 is 0. The zero-order chi connectivity index (χ0) is 15.3. The Bertz CT molecular complexity index is 533. The largest absolute Gasteiger partial charge is 0.396 e. The standard InChI is InChI=1S/C20H30O/c1-14(2)15-6-8-17-16(12-15)7-9-18-19(3,13-21)10-5-11-20(17,18)4/h6,8,12,14,18,21H,5,7,9-11,13H2,1-4H3/t18-,19-,20+/m1/s1. The second kappa shape index (κ2) is 5.12. The summed E-state index contributed by atoms with van der Waals surface area (Å²) in [6.07, 6.45) is 6.13. The average Bonchev–Trinajstić information content (AvgIpc) is 2.46. The molecule has 3 atom stereocenters. The van der Waals surface area contributed by atoms with Gasteiger partial charge < -0.3 is 5.11 Å². The van der Waals surface area contributed by atoms with Gasteiger partial charge in [-0.3, -0.25) is 0 Å². The molecule has 1 heteroatoms. The molecule has 2 aliphatic rings. The number of hydrogen-bond acceptors (Lipinski definition) is 1. The van der Waals surface area contributed by atoms with Crippen molar-refractivity contribution in [2.24, 2.45) is 11.3 Å². The van der Waals surface area contributed by atoms with Crippen LogP contribution in [-0.2, 0) is 11.8 Å². The topological polar surface area (TPSA) is 20.2 Å². The smallest absolute Gasteiger partial charge is 0.0487 e. The summed E-state index contributed by atoms with van der Waals surface area (Å²) in [5, 5.41) is 9.97. The molecule has 1 N–H and O–H groups in total. The third-order valence-corrected chi connectivity index (χ3v) is 6.53. The molecule has 1 saturated carbocycles. The van der Waals surface area contributed by atoms with Gasteiger partial charge in [0, 0.05) is 6.61 Å². The van der Waals surface area contributed by atoms with E-state index in [0.717, 1.165) is 0 Å². The lowest BCUT2D eigenvalue weighted by molar-refractivity contribution is -0.0179. The van der Waals surface area contributed by atoms with Crippen molar-refractivity contribution in [1.29, 1.82) is 0 Å². The Morgan fingerprint density at radius 1 is 1.24 bits per heavy atom. The third kappa shape index (κ3) is 2.25. The van der Waals surface area contributed by atoms with Crippen molar-refractivity contribution in [1.82, 2.24) is 0 Å². The van der Waals surface area contributed by atoms with Gasteiger partial charge in [0.15, 0.2) is 0 Å². The number of rotatable bonds is 2. The van der Waals surface area contributed by atoms with E-state index in [9.17, 15) is 5.11 Å². The van der Waals surface area contributed by atoms with Crippen LogP contribution in [0, 0.1) is 11.3 Å². The molecule has 21 heavy (non-hydrogen) atoms. The van der Waals surface area contributed by atoms with Gasteiger partial charge in [-0.05, 0) is 65.0 Å². The summed E-state index contributed by atoms with van der Waals surface area (Å²) in [6.45, 7) is 9.66. The molecule has 0 aromatic heterocycles. The zero-order valence-electron chi connectivity index (χ0n) is 14.1. The monoisotopic (exact) mass is 286 g/mol. The van der Waals surface area contributed by atoms with Crippen LogP contribution in [0.4, 0.5) is 0 Å². The molecule has 0 unspecified atom stereocenters. The number of hydrogen-bond donors (Lipinski definition) is 1. The van der Waals surface area contributed by atoms with Crippen molar-refractivity contribution < 1.29 is 5.11 Å². The molecule has 1 aromatic carbocycles. The van der Waals surface area contributed by atoms with E-state index < -0.39 is 0 Å². The molecule has 3 rings (SSSR count). The molecule has 0 heterocycles. The third-order valence-electron chi connectivity index (χ3n) is 6.53. The molecule has 0 aliphatic heterocycles. The van der Waals surface area contributed by atoms with Crippen LogP contribution in [0.2, 0.25) is 0 Å². The maximum absolute atomic E-state index is 9.97. The van der Waals surface area contributed by atoms with Gasteiger partial charge in [0.05, 0.1) is 0 Å². The van der Waals surface area contributed by atoms with Crippen LogP contribution in [0.3, 0.4) is 0 Å². The number of aryl methyl sites for hydroxylation is 1. The van der Waals surface area contributed by atoms with Crippen molar-refractivity contribution in [2.45, 2.75) is 71.1 Å². The highest BCUT2D eigenvalue weighted by molar-refractivity contribution is 5.42. The summed E-state index contributed by atoms with van der Waals surface area (Å²) in [6, 6.07) is 7.19. The van der Waals surface area contributed by atoms with Crippen molar-refractivity contribution in [3.63, 3.8) is 0 Å². The van der Waals surface area contributed by atoms with E-state index in [4.69, 9.17) is 0 Å². The first-order valence-electron chi connectivity index (χ1n) is 8.65. The van der Waals surface area contributed by atoms with Crippen LogP contribution < -0.4 is 0 Å². The number of benzene rings is 1. The summed E-state index contributed by atoms with van der Waals surface area (Å²) >= 11 is 0. The lowest BCUT2D eigenvalue weighted by Gasteiger charge is -2.55. The second-order valence-electron chi connectivity index (χ2n) is 8.25. The number of aliphatic hydroxyl groups excluding tert-OH is 1. The van der Waals surface area contributed by atoms with Gasteiger partial charge in [-0.25, -0.2) is 0 Å². The van der Waals surface area contributed by atoms with Gasteiger partial charge >= 0.3 is 0 Å². The number of fused-ring (bicyclic) bond motifs is 3. The molecule has 0 saturated heterocycles. The Morgan fingerprint density at radius 3 is 2.67 bits per heavy atom. The minimum atomic E-state index is 0.113. The van der Waals surface area contributed by atoms with E-state index in [1.807, 2.05) is 0 Å². The second-order valence-corrected chi connectivity index (χ2v) is 8.25. The Kier molecular flexibility index (Phi) is 3.68. The Balaban J connectivity index is 2.05. The molecule has 0 bridgehead atoms. The molecule has 0 radical (unpaired) electrons. The normalized spacial score (nSPS) is 35.4. The first kappa shape index (κ1) is 15.1. The van der Waals surface area contributed by atoms with Crippen LogP contribution in [0.15, 0.2) is 18.2 Å². The Hall–Kier alpha value is -0.820. The zero-order valence-corrected chi connectivity index (χ0v) is 14.1. The Labute approximate surface area is 129 Å². The van der Waals surface area contributed by atoms with Gasteiger partial charge in [0.25, 0.3) is 0 Å². The lowest BCUT2D eigenvalue weighted by atomic mass is 9.50. The summed E-state index contributed by atoms with van der Waals surface area (Å²) in [4.78, 5) is 0. The lowest BCUT2D eigenvalue weighted by Crippen LogP contribution is -2.50. The minimum absolute atomic E-state index is 0.113. The fraction of sp³-hybridized carbons (Fsp3) is 0.700.